The maximum absolute atomic E-state index is 5.07. The molecule has 0 saturated carbocycles. The van der Waals surface area contributed by atoms with E-state index in [1.807, 2.05) is 27.7 Å². The quantitative estimate of drug-likeness (QED) is 0.540. The van der Waals surface area contributed by atoms with Gasteiger partial charge in [0.15, 0.2) is 0 Å². The van der Waals surface area contributed by atoms with Gasteiger partial charge in [-0.15, -0.1) is 0 Å². The Bertz CT molecular complexity index is 28.9. The van der Waals surface area contributed by atoms with Crippen molar-refractivity contribution in [2.24, 2.45) is 0 Å². The van der Waals surface area contributed by atoms with Crippen LogP contribution in [0.5, 0.6) is 0 Å². The van der Waals surface area contributed by atoms with Gasteiger partial charge in [-0.05, 0) is 19.3 Å². The van der Waals surface area contributed by atoms with Crippen LogP contribution in [0.4, 0.5) is 0 Å². The van der Waals surface area contributed by atoms with Crippen molar-refractivity contribution in [2.45, 2.75) is 67.2 Å². The molecule has 0 aromatic rings. The third-order valence-electron chi connectivity index (χ3n) is 1.08. The minimum Gasteiger partial charge on any atom is -0.381 e. The first-order chi connectivity index (χ1) is 6.41. The van der Waals surface area contributed by atoms with Crippen molar-refractivity contribution in [2.75, 3.05) is 13.2 Å². The molecule has 0 amide bonds. The van der Waals surface area contributed by atoms with E-state index in [0.717, 1.165) is 13.2 Å². The van der Waals surface area contributed by atoms with Gasteiger partial charge in [0.25, 0.3) is 0 Å². The van der Waals surface area contributed by atoms with E-state index in [1.165, 1.54) is 25.7 Å². The number of rotatable bonds is 0. The Kier molecular flexibility index (Phi) is 42.6. The van der Waals surface area contributed by atoms with Gasteiger partial charge >= 0.3 is 0 Å². The summed E-state index contributed by atoms with van der Waals surface area (Å²) in [5.74, 6) is 0. The molecule has 0 aromatic carbocycles. The predicted molar refractivity (Wildman–Crippen MR) is 63.3 cm³/mol. The normalized spacial score (nSPS) is 13.4. The fourth-order valence-corrected chi connectivity index (χ4v) is 0.687. The Labute approximate surface area is 85.9 Å². The molecule has 0 spiro atoms. The fraction of sp³-hybridized carbons (Fsp3) is 1.00. The average molecular weight is 190 g/mol. The summed E-state index contributed by atoms with van der Waals surface area (Å²) in [6.45, 7) is 14.2. The van der Waals surface area contributed by atoms with E-state index in [1.54, 1.807) is 0 Å². The van der Waals surface area contributed by atoms with E-state index in [4.69, 9.17) is 4.74 Å². The lowest BCUT2D eigenvalue weighted by Crippen LogP contribution is -2.03. The van der Waals surface area contributed by atoms with Gasteiger partial charge in [0.2, 0.25) is 0 Å². The smallest absolute Gasteiger partial charge is 0.0466 e. The Hall–Kier alpha value is -0.0400. The molecule has 0 atom stereocenters. The van der Waals surface area contributed by atoms with Crippen LogP contribution in [-0.2, 0) is 4.74 Å². The highest BCUT2D eigenvalue weighted by Gasteiger charge is 1.94. The summed E-state index contributed by atoms with van der Waals surface area (Å²) in [7, 11) is 0. The summed E-state index contributed by atoms with van der Waals surface area (Å²) in [5, 5.41) is 0. The molecule has 1 heteroatoms. The lowest BCUT2D eigenvalue weighted by molar-refractivity contribution is 0.0968. The van der Waals surface area contributed by atoms with E-state index in [2.05, 4.69) is 13.8 Å². The maximum Gasteiger partial charge on any atom is 0.0466 e. The van der Waals surface area contributed by atoms with Crippen molar-refractivity contribution in [3.05, 3.63) is 0 Å². The second-order valence-corrected chi connectivity index (χ2v) is 2.38. The van der Waals surface area contributed by atoms with Gasteiger partial charge in [0, 0.05) is 13.2 Å². The van der Waals surface area contributed by atoms with Gasteiger partial charge in [-0.2, -0.15) is 0 Å². The number of hydrogen-bond donors (Lipinski definition) is 0. The van der Waals surface area contributed by atoms with Crippen LogP contribution < -0.4 is 0 Å². The molecule has 1 rings (SSSR count). The van der Waals surface area contributed by atoms with Crippen LogP contribution in [0, 0.1) is 0 Å². The van der Waals surface area contributed by atoms with Crippen LogP contribution >= 0.6 is 0 Å². The van der Waals surface area contributed by atoms with Crippen LogP contribution in [0.25, 0.3) is 0 Å². The lowest BCUT2D eigenvalue weighted by atomic mass is 10.2. The van der Waals surface area contributed by atoms with Gasteiger partial charge in [-0.1, -0.05) is 48.0 Å². The zero-order chi connectivity index (χ0) is 10.9. The molecule has 13 heavy (non-hydrogen) atoms. The molecule has 0 unspecified atom stereocenters. The number of hydrogen-bond acceptors (Lipinski definition) is 1. The molecule has 84 valence electrons. The Morgan fingerprint density at radius 1 is 0.769 bits per heavy atom. The Balaban J connectivity index is -0.000000124. The first-order valence-corrected chi connectivity index (χ1v) is 5.99. The molecular weight excluding hydrogens is 160 g/mol. The highest BCUT2D eigenvalue weighted by molar-refractivity contribution is 4.45. The molecule has 1 fully saturated rings. The fourth-order valence-electron chi connectivity index (χ4n) is 0.687. The molecule has 1 aliphatic rings. The Morgan fingerprint density at radius 3 is 1.15 bits per heavy atom. The highest BCUT2D eigenvalue weighted by Crippen LogP contribution is 2.02. The average Bonchev–Trinajstić information content (AvgIpc) is 2.27. The lowest BCUT2D eigenvalue weighted by Gasteiger charge is -2.08. The summed E-state index contributed by atoms with van der Waals surface area (Å²) in [4.78, 5) is 0. The first kappa shape index (κ1) is 18.7. The second-order valence-electron chi connectivity index (χ2n) is 2.38. The molecule has 1 nitrogen and oxygen atoms in total. The zero-order valence-electron chi connectivity index (χ0n) is 10.7. The van der Waals surface area contributed by atoms with Crippen molar-refractivity contribution in [1.82, 2.24) is 0 Å². The van der Waals surface area contributed by atoms with Crippen molar-refractivity contribution in [1.29, 1.82) is 0 Å². The summed E-state index contributed by atoms with van der Waals surface area (Å²) >= 11 is 0. The largest absolute Gasteiger partial charge is 0.381 e. The third-order valence-corrected chi connectivity index (χ3v) is 1.08. The first-order valence-electron chi connectivity index (χ1n) is 5.99. The van der Waals surface area contributed by atoms with Gasteiger partial charge in [0.1, 0.15) is 0 Å². The summed E-state index contributed by atoms with van der Waals surface area (Å²) in [6.07, 6.45) is 5.18. The van der Waals surface area contributed by atoms with E-state index in [0.29, 0.717) is 0 Å². The standard InChI is InChI=1S/C5H10O.C3H8.2C2H6/c1-2-4-6-5-3-1;1-3-2;2*1-2/h1-5H2;3H2,1-2H3;2*1-2H3. The van der Waals surface area contributed by atoms with E-state index < -0.39 is 0 Å². The SMILES string of the molecule is C1CCOCC1.CC.CC.CCC. The van der Waals surface area contributed by atoms with Crippen molar-refractivity contribution in [3.8, 4) is 0 Å². The van der Waals surface area contributed by atoms with Crippen molar-refractivity contribution >= 4 is 0 Å². The second kappa shape index (κ2) is 29.7. The highest BCUT2D eigenvalue weighted by atomic mass is 16.5. The van der Waals surface area contributed by atoms with E-state index in [9.17, 15) is 0 Å². The van der Waals surface area contributed by atoms with Crippen LogP contribution in [0.2, 0.25) is 0 Å². The summed E-state index contributed by atoms with van der Waals surface area (Å²) < 4.78 is 5.07. The van der Waals surface area contributed by atoms with Gasteiger partial charge in [-0.25, -0.2) is 0 Å². The molecular formula is C12H30O. The topological polar surface area (TPSA) is 9.23 Å². The van der Waals surface area contributed by atoms with E-state index in [-0.39, 0.29) is 0 Å². The Morgan fingerprint density at radius 2 is 1.08 bits per heavy atom. The summed E-state index contributed by atoms with van der Waals surface area (Å²) in [5.41, 5.74) is 0. The van der Waals surface area contributed by atoms with Gasteiger partial charge in [-0.3, -0.25) is 0 Å². The molecule has 0 N–H and O–H groups in total. The van der Waals surface area contributed by atoms with E-state index >= 15 is 0 Å². The molecule has 0 aliphatic carbocycles. The molecule has 1 saturated heterocycles. The van der Waals surface area contributed by atoms with Gasteiger partial charge < -0.3 is 4.74 Å². The van der Waals surface area contributed by atoms with Crippen LogP contribution in [0.3, 0.4) is 0 Å². The predicted octanol–water partition coefficient (Wildman–Crippen LogP) is 4.66. The van der Waals surface area contributed by atoms with Crippen molar-refractivity contribution in [3.63, 3.8) is 0 Å². The molecule has 1 heterocycles. The van der Waals surface area contributed by atoms with Gasteiger partial charge in [0.05, 0.1) is 0 Å². The van der Waals surface area contributed by atoms with Crippen LogP contribution in [-0.4, -0.2) is 13.2 Å². The minimum absolute atomic E-state index is 1.00. The molecule has 0 radical (unpaired) electrons. The zero-order valence-corrected chi connectivity index (χ0v) is 10.7. The van der Waals surface area contributed by atoms with Crippen LogP contribution in [0.1, 0.15) is 67.2 Å². The summed E-state index contributed by atoms with van der Waals surface area (Å²) in [6, 6.07) is 0. The van der Waals surface area contributed by atoms with Crippen LogP contribution in [0.15, 0.2) is 0 Å². The number of ether oxygens (including phenoxy) is 1. The third kappa shape index (κ3) is 33.4. The molecule has 0 aromatic heterocycles. The van der Waals surface area contributed by atoms with Crippen molar-refractivity contribution < 1.29 is 4.74 Å². The monoisotopic (exact) mass is 190 g/mol. The maximum atomic E-state index is 5.07. The minimum atomic E-state index is 1.00. The molecule has 0 bridgehead atoms. The molecule has 1 aliphatic heterocycles.